The van der Waals surface area contributed by atoms with Crippen molar-refractivity contribution in [2.45, 2.75) is 39.0 Å². The van der Waals surface area contributed by atoms with Crippen LogP contribution in [-0.2, 0) is 15.0 Å². The quantitative estimate of drug-likeness (QED) is 0.472. The number of imide groups is 1. The third-order valence-corrected chi connectivity index (χ3v) is 3.33. The van der Waals surface area contributed by atoms with Crippen molar-refractivity contribution in [1.29, 1.82) is 0 Å². The first kappa shape index (κ1) is 14.2. The average molecular weight is 276 g/mol. The van der Waals surface area contributed by atoms with E-state index < -0.39 is 4.92 Å². The zero-order valence-electron chi connectivity index (χ0n) is 11.7. The number of anilines is 1. The number of carbonyl (C=O) groups excluding carboxylic acids is 2. The van der Waals surface area contributed by atoms with Gasteiger partial charge in [-0.3, -0.25) is 19.7 Å². The fraction of sp³-hybridized carbons (Fsp3) is 0.429. The van der Waals surface area contributed by atoms with Crippen molar-refractivity contribution in [3.8, 4) is 0 Å². The molecule has 0 spiro atoms. The fourth-order valence-electron chi connectivity index (χ4n) is 2.17. The number of amides is 2. The van der Waals surface area contributed by atoms with Gasteiger partial charge in [0.25, 0.3) is 5.69 Å². The van der Waals surface area contributed by atoms with Gasteiger partial charge >= 0.3 is 0 Å². The molecule has 106 valence electrons. The summed E-state index contributed by atoms with van der Waals surface area (Å²) >= 11 is 0. The Morgan fingerprint density at radius 3 is 2.15 bits per heavy atom. The number of rotatable bonds is 2. The molecule has 1 saturated heterocycles. The highest BCUT2D eigenvalue weighted by molar-refractivity contribution is 6.20. The molecule has 0 unspecified atom stereocenters. The van der Waals surface area contributed by atoms with Gasteiger partial charge in [0.2, 0.25) is 11.8 Å². The van der Waals surface area contributed by atoms with E-state index in [0.29, 0.717) is 0 Å². The van der Waals surface area contributed by atoms with E-state index in [2.05, 4.69) is 0 Å². The molecule has 0 aromatic heterocycles. The Labute approximate surface area is 116 Å². The highest BCUT2D eigenvalue weighted by Gasteiger charge is 2.35. The van der Waals surface area contributed by atoms with Gasteiger partial charge in [0, 0.05) is 18.9 Å². The van der Waals surface area contributed by atoms with Crippen LogP contribution >= 0.6 is 0 Å². The molecule has 2 amide bonds. The lowest BCUT2D eigenvalue weighted by atomic mass is 9.86. The van der Waals surface area contributed by atoms with Crippen LogP contribution < -0.4 is 4.90 Å². The van der Waals surface area contributed by atoms with Crippen LogP contribution in [0.2, 0.25) is 0 Å². The Morgan fingerprint density at radius 2 is 1.70 bits per heavy atom. The molecule has 1 aromatic carbocycles. The topological polar surface area (TPSA) is 80.5 Å². The molecule has 6 heteroatoms. The second-order valence-corrected chi connectivity index (χ2v) is 5.83. The molecule has 0 N–H and O–H groups in total. The SMILES string of the molecule is CC(C)(C)c1ccc(N2C(=O)CCC2=O)c([N+](=O)[O-])c1. The second-order valence-electron chi connectivity index (χ2n) is 5.83. The summed E-state index contributed by atoms with van der Waals surface area (Å²) in [6, 6.07) is 4.65. The summed E-state index contributed by atoms with van der Waals surface area (Å²) in [6.45, 7) is 5.83. The van der Waals surface area contributed by atoms with E-state index in [1.807, 2.05) is 20.8 Å². The smallest absolute Gasteiger partial charge is 0.274 e. The summed E-state index contributed by atoms with van der Waals surface area (Å²) in [7, 11) is 0. The average Bonchev–Trinajstić information content (AvgIpc) is 2.67. The first-order chi connectivity index (χ1) is 9.21. The molecule has 1 aliphatic heterocycles. The first-order valence-electron chi connectivity index (χ1n) is 6.36. The Hall–Kier alpha value is -2.24. The molecule has 1 heterocycles. The van der Waals surface area contributed by atoms with Gasteiger partial charge in [0.15, 0.2) is 0 Å². The van der Waals surface area contributed by atoms with Crippen LogP contribution in [0.15, 0.2) is 18.2 Å². The Kier molecular flexibility index (Phi) is 3.33. The lowest BCUT2D eigenvalue weighted by molar-refractivity contribution is -0.384. The van der Waals surface area contributed by atoms with Gasteiger partial charge in [-0.2, -0.15) is 0 Å². The van der Waals surface area contributed by atoms with E-state index in [-0.39, 0.29) is 41.4 Å². The number of carbonyl (C=O) groups is 2. The molecule has 0 atom stereocenters. The largest absolute Gasteiger partial charge is 0.293 e. The molecule has 2 rings (SSSR count). The predicted octanol–water partition coefficient (Wildman–Crippen LogP) is 2.55. The van der Waals surface area contributed by atoms with Crippen molar-refractivity contribution in [1.82, 2.24) is 0 Å². The second kappa shape index (κ2) is 4.70. The summed E-state index contributed by atoms with van der Waals surface area (Å²) in [5.41, 5.74) is 0.394. The van der Waals surface area contributed by atoms with Crippen molar-refractivity contribution in [3.63, 3.8) is 0 Å². The lowest BCUT2D eigenvalue weighted by Gasteiger charge is -2.21. The molecular weight excluding hydrogens is 260 g/mol. The van der Waals surface area contributed by atoms with E-state index in [1.54, 1.807) is 6.07 Å². The fourth-order valence-corrected chi connectivity index (χ4v) is 2.17. The minimum Gasteiger partial charge on any atom is -0.274 e. The summed E-state index contributed by atoms with van der Waals surface area (Å²) in [6.07, 6.45) is 0.216. The van der Waals surface area contributed by atoms with E-state index >= 15 is 0 Å². The molecule has 6 nitrogen and oxygen atoms in total. The maximum absolute atomic E-state index is 11.7. The van der Waals surface area contributed by atoms with Crippen LogP contribution in [-0.4, -0.2) is 16.7 Å². The molecule has 1 fully saturated rings. The molecule has 1 aliphatic rings. The van der Waals surface area contributed by atoms with Gasteiger partial charge in [0.05, 0.1) is 4.92 Å². The highest BCUT2D eigenvalue weighted by Crippen LogP contribution is 2.35. The van der Waals surface area contributed by atoms with Crippen molar-refractivity contribution in [2.75, 3.05) is 4.90 Å². The molecule has 1 aromatic rings. The first-order valence-corrected chi connectivity index (χ1v) is 6.36. The molecule has 0 radical (unpaired) electrons. The van der Waals surface area contributed by atoms with Crippen LogP contribution in [0.3, 0.4) is 0 Å². The summed E-state index contributed by atoms with van der Waals surface area (Å²) in [5, 5.41) is 11.2. The monoisotopic (exact) mass is 276 g/mol. The van der Waals surface area contributed by atoms with Gasteiger partial charge in [-0.05, 0) is 17.0 Å². The normalized spacial score (nSPS) is 15.8. The summed E-state index contributed by atoms with van der Waals surface area (Å²) in [4.78, 5) is 35.0. The zero-order valence-corrected chi connectivity index (χ0v) is 11.7. The van der Waals surface area contributed by atoms with Crippen LogP contribution in [0, 0.1) is 10.1 Å². The summed E-state index contributed by atoms with van der Waals surface area (Å²) < 4.78 is 0. The van der Waals surface area contributed by atoms with Crippen molar-refractivity contribution < 1.29 is 14.5 Å². The molecule has 0 saturated carbocycles. The number of nitrogens with zero attached hydrogens (tertiary/aromatic N) is 2. The van der Waals surface area contributed by atoms with Crippen LogP contribution in [0.4, 0.5) is 11.4 Å². The van der Waals surface area contributed by atoms with Crippen molar-refractivity contribution in [2.24, 2.45) is 0 Å². The maximum atomic E-state index is 11.7. The third-order valence-electron chi connectivity index (χ3n) is 3.33. The van der Waals surface area contributed by atoms with Crippen LogP contribution in [0.5, 0.6) is 0 Å². The Bertz CT molecular complexity index is 586. The van der Waals surface area contributed by atoms with Gasteiger partial charge in [0.1, 0.15) is 5.69 Å². The van der Waals surface area contributed by atoms with E-state index in [4.69, 9.17) is 0 Å². The number of hydrogen-bond acceptors (Lipinski definition) is 4. The van der Waals surface area contributed by atoms with Crippen LogP contribution in [0.25, 0.3) is 0 Å². The zero-order chi connectivity index (χ0) is 15.1. The maximum Gasteiger partial charge on any atom is 0.293 e. The lowest BCUT2D eigenvalue weighted by Crippen LogP contribution is -2.29. The molecule has 0 aliphatic carbocycles. The number of nitro benzene ring substituents is 1. The number of hydrogen-bond donors (Lipinski definition) is 0. The van der Waals surface area contributed by atoms with E-state index in [1.165, 1.54) is 12.1 Å². The Balaban J connectivity index is 2.57. The highest BCUT2D eigenvalue weighted by atomic mass is 16.6. The van der Waals surface area contributed by atoms with Crippen LogP contribution in [0.1, 0.15) is 39.2 Å². The van der Waals surface area contributed by atoms with Gasteiger partial charge < -0.3 is 0 Å². The van der Waals surface area contributed by atoms with Gasteiger partial charge in [-0.25, -0.2) is 4.90 Å². The number of nitro groups is 1. The minimum absolute atomic E-state index is 0.0653. The minimum atomic E-state index is -0.552. The Morgan fingerprint density at radius 1 is 1.15 bits per heavy atom. The van der Waals surface area contributed by atoms with Crippen molar-refractivity contribution >= 4 is 23.2 Å². The number of benzene rings is 1. The van der Waals surface area contributed by atoms with E-state index in [0.717, 1.165) is 10.5 Å². The third kappa shape index (κ3) is 2.41. The molecular formula is C14H16N2O4. The molecule has 20 heavy (non-hydrogen) atoms. The van der Waals surface area contributed by atoms with Crippen molar-refractivity contribution in [3.05, 3.63) is 33.9 Å². The standard InChI is InChI=1S/C14H16N2O4/c1-14(2,3)9-4-5-10(11(8-9)16(19)20)15-12(17)6-7-13(15)18/h4-5,8H,6-7H2,1-3H3. The van der Waals surface area contributed by atoms with Gasteiger partial charge in [-0.15, -0.1) is 0 Å². The summed E-state index contributed by atoms with van der Waals surface area (Å²) in [5.74, 6) is -0.775. The van der Waals surface area contributed by atoms with E-state index in [9.17, 15) is 19.7 Å². The predicted molar refractivity (Wildman–Crippen MR) is 73.5 cm³/mol. The molecule has 0 bridgehead atoms. The van der Waals surface area contributed by atoms with Gasteiger partial charge in [-0.1, -0.05) is 26.8 Å².